The molecule has 2 aromatic rings. The zero-order valence-electron chi connectivity index (χ0n) is 17.7. The van der Waals surface area contributed by atoms with Crippen LogP contribution in [0.1, 0.15) is 44.6 Å². The summed E-state index contributed by atoms with van der Waals surface area (Å²) in [5, 5.41) is 3.67. The summed E-state index contributed by atoms with van der Waals surface area (Å²) in [6.45, 7) is 1.93. The van der Waals surface area contributed by atoms with Crippen molar-refractivity contribution in [1.29, 1.82) is 0 Å². The summed E-state index contributed by atoms with van der Waals surface area (Å²) in [6, 6.07) is 14.2. The fourth-order valence-corrected chi connectivity index (χ4v) is 4.17. The highest BCUT2D eigenvalue weighted by molar-refractivity contribution is 9.10. The van der Waals surface area contributed by atoms with Gasteiger partial charge in [-0.3, -0.25) is 9.59 Å². The standard InChI is InChI=1S/C24H28BrClN2O3/c1-17(24(30)27-21-7-3-2-4-8-21)28(15-18-10-12-19(25)13-11-18)23(29)16-31-22-9-5-6-20(26)14-22/h5-6,9-14,17,21H,2-4,7-8,15-16H2,1H3,(H,27,30)/t17-/m0/s1. The molecular formula is C24H28BrClN2O3. The van der Waals surface area contributed by atoms with Crippen molar-refractivity contribution >= 4 is 39.3 Å². The molecule has 0 unspecified atom stereocenters. The lowest BCUT2D eigenvalue weighted by atomic mass is 9.95. The zero-order valence-corrected chi connectivity index (χ0v) is 20.0. The largest absolute Gasteiger partial charge is 0.484 e. The minimum Gasteiger partial charge on any atom is -0.484 e. The number of rotatable bonds is 8. The van der Waals surface area contributed by atoms with Crippen LogP contribution in [0.3, 0.4) is 0 Å². The van der Waals surface area contributed by atoms with E-state index in [-0.39, 0.29) is 24.5 Å². The molecule has 0 radical (unpaired) electrons. The van der Waals surface area contributed by atoms with E-state index in [0.29, 0.717) is 17.3 Å². The second kappa shape index (κ2) is 11.5. The van der Waals surface area contributed by atoms with E-state index in [1.54, 1.807) is 36.1 Å². The fraction of sp³-hybridized carbons (Fsp3) is 0.417. The Bertz CT molecular complexity index is 885. The van der Waals surface area contributed by atoms with Gasteiger partial charge in [-0.05, 0) is 55.7 Å². The van der Waals surface area contributed by atoms with Crippen molar-refractivity contribution in [1.82, 2.24) is 10.2 Å². The van der Waals surface area contributed by atoms with Gasteiger partial charge in [0.15, 0.2) is 6.61 Å². The molecule has 0 aliphatic heterocycles. The number of halogens is 2. The van der Waals surface area contributed by atoms with Crippen LogP contribution in [0.2, 0.25) is 5.02 Å². The van der Waals surface area contributed by atoms with Crippen LogP contribution in [0, 0.1) is 0 Å². The molecule has 1 N–H and O–H groups in total. The molecule has 1 fully saturated rings. The van der Waals surface area contributed by atoms with Crippen LogP contribution < -0.4 is 10.1 Å². The number of benzene rings is 2. The summed E-state index contributed by atoms with van der Waals surface area (Å²) in [4.78, 5) is 27.6. The average Bonchev–Trinajstić information content (AvgIpc) is 2.77. The Hall–Kier alpha value is -2.05. The van der Waals surface area contributed by atoms with Gasteiger partial charge in [-0.2, -0.15) is 0 Å². The van der Waals surface area contributed by atoms with E-state index < -0.39 is 6.04 Å². The molecule has 0 bridgehead atoms. The third-order valence-corrected chi connectivity index (χ3v) is 6.31. The van der Waals surface area contributed by atoms with Crippen LogP contribution in [-0.2, 0) is 16.1 Å². The maximum atomic E-state index is 13.1. The van der Waals surface area contributed by atoms with Crippen LogP contribution in [0.4, 0.5) is 0 Å². The highest BCUT2D eigenvalue weighted by atomic mass is 79.9. The molecule has 166 valence electrons. The van der Waals surface area contributed by atoms with Gasteiger partial charge < -0.3 is 15.0 Å². The quantitative estimate of drug-likeness (QED) is 0.524. The Morgan fingerprint density at radius 3 is 2.55 bits per heavy atom. The van der Waals surface area contributed by atoms with Gasteiger partial charge in [0.1, 0.15) is 11.8 Å². The number of nitrogens with one attached hydrogen (secondary N) is 1. The molecule has 0 heterocycles. The number of ether oxygens (including phenoxy) is 1. The molecule has 1 atom stereocenters. The van der Waals surface area contributed by atoms with Crippen LogP contribution in [0.15, 0.2) is 53.0 Å². The van der Waals surface area contributed by atoms with Crippen molar-refractivity contribution in [2.45, 2.75) is 57.7 Å². The van der Waals surface area contributed by atoms with Crippen LogP contribution >= 0.6 is 27.5 Å². The average molecular weight is 508 g/mol. The predicted molar refractivity (Wildman–Crippen MR) is 126 cm³/mol. The third kappa shape index (κ3) is 7.25. The van der Waals surface area contributed by atoms with Gasteiger partial charge in [0, 0.05) is 22.1 Å². The maximum absolute atomic E-state index is 13.1. The molecule has 3 rings (SSSR count). The lowest BCUT2D eigenvalue weighted by Crippen LogP contribution is -2.51. The number of hydrogen-bond acceptors (Lipinski definition) is 3. The highest BCUT2D eigenvalue weighted by Crippen LogP contribution is 2.20. The molecule has 2 aromatic carbocycles. The molecule has 0 spiro atoms. The summed E-state index contributed by atoms with van der Waals surface area (Å²) in [5.41, 5.74) is 0.941. The minimum absolute atomic E-state index is 0.125. The van der Waals surface area contributed by atoms with Crippen LogP contribution in [0.5, 0.6) is 5.75 Å². The van der Waals surface area contributed by atoms with E-state index in [0.717, 1.165) is 35.7 Å². The number of amides is 2. The first kappa shape index (κ1) is 23.6. The second-order valence-corrected chi connectivity index (χ2v) is 9.27. The van der Waals surface area contributed by atoms with Crippen molar-refractivity contribution in [3.05, 3.63) is 63.6 Å². The lowest BCUT2D eigenvalue weighted by Gasteiger charge is -2.31. The summed E-state index contributed by atoms with van der Waals surface area (Å²) in [7, 11) is 0. The van der Waals surface area contributed by atoms with E-state index in [1.165, 1.54) is 6.42 Å². The Balaban J connectivity index is 1.70. The van der Waals surface area contributed by atoms with E-state index >= 15 is 0 Å². The predicted octanol–water partition coefficient (Wildman–Crippen LogP) is 5.35. The molecule has 0 saturated heterocycles. The topological polar surface area (TPSA) is 58.6 Å². The van der Waals surface area contributed by atoms with Gasteiger partial charge in [0.25, 0.3) is 5.91 Å². The first-order valence-corrected chi connectivity index (χ1v) is 11.8. The van der Waals surface area contributed by atoms with Gasteiger partial charge in [0.2, 0.25) is 5.91 Å². The van der Waals surface area contributed by atoms with Gasteiger partial charge in [-0.25, -0.2) is 0 Å². The fourth-order valence-electron chi connectivity index (χ4n) is 3.72. The molecule has 0 aromatic heterocycles. The van der Waals surface area contributed by atoms with Gasteiger partial charge in [-0.15, -0.1) is 0 Å². The molecule has 2 amide bonds. The summed E-state index contributed by atoms with van der Waals surface area (Å²) >= 11 is 9.42. The Morgan fingerprint density at radius 2 is 1.87 bits per heavy atom. The number of carbonyl (C=O) groups is 2. The van der Waals surface area contributed by atoms with E-state index in [4.69, 9.17) is 16.3 Å². The van der Waals surface area contributed by atoms with Crippen molar-refractivity contribution < 1.29 is 14.3 Å². The molecule has 1 aliphatic rings. The minimum atomic E-state index is -0.610. The molecular weight excluding hydrogens is 480 g/mol. The molecule has 1 saturated carbocycles. The number of nitrogens with zero attached hydrogens (tertiary/aromatic N) is 1. The SMILES string of the molecule is C[C@@H](C(=O)NC1CCCCC1)N(Cc1ccc(Br)cc1)C(=O)COc1cccc(Cl)c1. The van der Waals surface area contributed by atoms with Crippen molar-refractivity contribution in [2.75, 3.05) is 6.61 Å². The van der Waals surface area contributed by atoms with Crippen LogP contribution in [0.25, 0.3) is 0 Å². The van der Waals surface area contributed by atoms with Crippen LogP contribution in [-0.4, -0.2) is 35.4 Å². The summed E-state index contributed by atoms with van der Waals surface area (Å²) in [6.07, 6.45) is 5.48. The Morgan fingerprint density at radius 1 is 1.16 bits per heavy atom. The lowest BCUT2D eigenvalue weighted by molar-refractivity contribution is -0.142. The maximum Gasteiger partial charge on any atom is 0.261 e. The summed E-state index contributed by atoms with van der Waals surface area (Å²) < 4.78 is 6.61. The smallest absolute Gasteiger partial charge is 0.261 e. The van der Waals surface area contributed by atoms with Gasteiger partial charge in [-0.1, -0.05) is 65.0 Å². The Kier molecular flexibility index (Phi) is 8.79. The molecule has 31 heavy (non-hydrogen) atoms. The van der Waals surface area contributed by atoms with E-state index in [2.05, 4.69) is 21.2 Å². The van der Waals surface area contributed by atoms with Gasteiger partial charge >= 0.3 is 0 Å². The van der Waals surface area contributed by atoms with Crippen molar-refractivity contribution in [3.8, 4) is 5.75 Å². The normalized spacial score (nSPS) is 15.2. The van der Waals surface area contributed by atoms with Crippen molar-refractivity contribution in [3.63, 3.8) is 0 Å². The molecule has 7 heteroatoms. The monoisotopic (exact) mass is 506 g/mol. The number of hydrogen-bond donors (Lipinski definition) is 1. The number of carbonyl (C=O) groups excluding carboxylic acids is 2. The Labute approximate surface area is 197 Å². The first-order valence-electron chi connectivity index (χ1n) is 10.6. The van der Waals surface area contributed by atoms with Crippen molar-refractivity contribution in [2.24, 2.45) is 0 Å². The highest BCUT2D eigenvalue weighted by Gasteiger charge is 2.28. The first-order chi connectivity index (χ1) is 14.9. The molecule has 5 nitrogen and oxygen atoms in total. The van der Waals surface area contributed by atoms with E-state index in [9.17, 15) is 9.59 Å². The third-order valence-electron chi connectivity index (χ3n) is 5.54. The second-order valence-electron chi connectivity index (χ2n) is 7.91. The van der Waals surface area contributed by atoms with E-state index in [1.807, 2.05) is 24.3 Å². The zero-order chi connectivity index (χ0) is 22.2. The van der Waals surface area contributed by atoms with Gasteiger partial charge in [0.05, 0.1) is 0 Å². The molecule has 1 aliphatic carbocycles. The summed E-state index contributed by atoms with van der Waals surface area (Å²) in [5.74, 6) is 0.137.